The Balaban J connectivity index is 1.98. The first kappa shape index (κ1) is 12.7. The first-order valence-electron chi connectivity index (χ1n) is 5.56. The van der Waals surface area contributed by atoms with Gasteiger partial charge in [0.05, 0.1) is 17.6 Å². The van der Waals surface area contributed by atoms with E-state index in [0.717, 1.165) is 5.69 Å². The van der Waals surface area contributed by atoms with Gasteiger partial charge in [0.1, 0.15) is 12.6 Å². The summed E-state index contributed by atoms with van der Waals surface area (Å²) in [5.74, 6) is 6.98. The van der Waals surface area contributed by atoms with Gasteiger partial charge >= 0.3 is 0 Å². The Bertz CT molecular complexity index is 459. The van der Waals surface area contributed by atoms with Crippen LogP contribution < -0.4 is 10.9 Å². The van der Waals surface area contributed by atoms with Gasteiger partial charge in [-0.25, -0.2) is 5.84 Å². The van der Waals surface area contributed by atoms with E-state index in [2.05, 4.69) is 6.07 Å². The molecule has 1 unspecified atom stereocenters. The standard InChI is InChI=1S/C12H14N4OS/c13-6-11-8-18-9-15(11)12(17)7-16(14)10-4-2-1-3-5-10/h1-5,11H,7-9,14H2. The van der Waals surface area contributed by atoms with Crippen LogP contribution in [0.3, 0.4) is 0 Å². The number of carbonyl (C=O) groups excluding carboxylic acids is 1. The lowest BCUT2D eigenvalue weighted by Crippen LogP contribution is -2.45. The average molecular weight is 262 g/mol. The third kappa shape index (κ3) is 2.75. The molecule has 2 N–H and O–H groups in total. The molecular formula is C12H14N4OS. The van der Waals surface area contributed by atoms with Crippen molar-refractivity contribution in [1.82, 2.24) is 4.90 Å². The first-order valence-corrected chi connectivity index (χ1v) is 6.72. The zero-order valence-corrected chi connectivity index (χ0v) is 10.6. The summed E-state index contributed by atoms with van der Waals surface area (Å²) in [7, 11) is 0. The fourth-order valence-corrected chi connectivity index (χ4v) is 2.85. The molecule has 1 aromatic rings. The van der Waals surface area contributed by atoms with Crippen molar-refractivity contribution in [2.24, 2.45) is 5.84 Å². The van der Waals surface area contributed by atoms with E-state index >= 15 is 0 Å². The van der Waals surface area contributed by atoms with Gasteiger partial charge in [-0.15, -0.1) is 11.8 Å². The van der Waals surface area contributed by atoms with Crippen molar-refractivity contribution < 1.29 is 4.79 Å². The number of carbonyl (C=O) groups is 1. The number of hydrazine groups is 1. The lowest BCUT2D eigenvalue weighted by molar-refractivity contribution is -0.129. The van der Waals surface area contributed by atoms with E-state index in [1.54, 1.807) is 16.7 Å². The van der Waals surface area contributed by atoms with E-state index in [1.165, 1.54) is 5.01 Å². The molecule has 6 heteroatoms. The summed E-state index contributed by atoms with van der Waals surface area (Å²) < 4.78 is 0. The maximum Gasteiger partial charge on any atom is 0.245 e. The van der Waals surface area contributed by atoms with E-state index in [9.17, 15) is 4.79 Å². The Hall–Kier alpha value is -1.71. The maximum absolute atomic E-state index is 12.0. The van der Waals surface area contributed by atoms with Crippen LogP contribution >= 0.6 is 11.8 Å². The van der Waals surface area contributed by atoms with Gasteiger partial charge in [-0.2, -0.15) is 5.26 Å². The minimum absolute atomic E-state index is 0.0861. The third-order valence-corrected chi connectivity index (χ3v) is 3.76. The number of thioether (sulfide) groups is 1. The van der Waals surface area contributed by atoms with E-state index in [4.69, 9.17) is 11.1 Å². The summed E-state index contributed by atoms with van der Waals surface area (Å²) >= 11 is 1.59. The molecular weight excluding hydrogens is 248 g/mol. The van der Waals surface area contributed by atoms with Crippen molar-refractivity contribution in [3.63, 3.8) is 0 Å². The molecule has 1 fully saturated rings. The van der Waals surface area contributed by atoms with E-state index in [-0.39, 0.29) is 18.5 Å². The summed E-state index contributed by atoms with van der Waals surface area (Å²) in [5.41, 5.74) is 0.784. The lowest BCUT2D eigenvalue weighted by Gasteiger charge is -2.23. The van der Waals surface area contributed by atoms with Crippen LogP contribution in [-0.2, 0) is 4.79 Å². The van der Waals surface area contributed by atoms with Crippen LogP contribution in [0.2, 0.25) is 0 Å². The molecule has 0 aromatic heterocycles. The molecule has 0 aliphatic carbocycles. The number of hydrogen-bond donors (Lipinski definition) is 1. The van der Waals surface area contributed by atoms with Crippen LogP contribution in [0.15, 0.2) is 30.3 Å². The minimum Gasteiger partial charge on any atom is -0.315 e. The molecule has 1 aliphatic rings. The van der Waals surface area contributed by atoms with Crippen LogP contribution in [0.4, 0.5) is 5.69 Å². The summed E-state index contributed by atoms with van der Waals surface area (Å²) in [6.45, 7) is 0.0861. The molecule has 1 saturated heterocycles. The SMILES string of the molecule is N#CC1CSCN1C(=O)CN(N)c1ccccc1. The highest BCUT2D eigenvalue weighted by Gasteiger charge is 2.29. The molecule has 5 nitrogen and oxygen atoms in total. The number of hydrogen-bond acceptors (Lipinski definition) is 5. The molecule has 94 valence electrons. The van der Waals surface area contributed by atoms with Crippen molar-refractivity contribution in [1.29, 1.82) is 5.26 Å². The number of nitrogens with zero attached hydrogens (tertiary/aromatic N) is 3. The van der Waals surface area contributed by atoms with Gasteiger partial charge in [0.15, 0.2) is 0 Å². The number of rotatable bonds is 3. The minimum atomic E-state index is -0.327. The smallest absolute Gasteiger partial charge is 0.245 e. The number of para-hydroxylation sites is 1. The Morgan fingerprint density at radius 3 is 2.94 bits per heavy atom. The summed E-state index contributed by atoms with van der Waals surface area (Å²) in [4.78, 5) is 13.6. The van der Waals surface area contributed by atoms with Crippen molar-refractivity contribution in [2.75, 3.05) is 23.2 Å². The van der Waals surface area contributed by atoms with Crippen LogP contribution in [0, 0.1) is 11.3 Å². The molecule has 1 aliphatic heterocycles. The molecule has 1 heterocycles. The predicted octanol–water partition coefficient (Wildman–Crippen LogP) is 0.792. The lowest BCUT2D eigenvalue weighted by atomic mass is 10.3. The van der Waals surface area contributed by atoms with Crippen molar-refractivity contribution >= 4 is 23.4 Å². The molecule has 0 radical (unpaired) electrons. The largest absolute Gasteiger partial charge is 0.315 e. The molecule has 0 bridgehead atoms. The van der Waals surface area contributed by atoms with Crippen molar-refractivity contribution in [3.8, 4) is 6.07 Å². The molecule has 0 spiro atoms. The second-order valence-corrected chi connectivity index (χ2v) is 4.97. The average Bonchev–Trinajstić information content (AvgIpc) is 2.88. The van der Waals surface area contributed by atoms with Gasteiger partial charge in [-0.05, 0) is 12.1 Å². The second kappa shape index (κ2) is 5.76. The molecule has 2 rings (SSSR count). The Morgan fingerprint density at radius 1 is 1.56 bits per heavy atom. The quantitative estimate of drug-likeness (QED) is 0.644. The second-order valence-electron chi connectivity index (χ2n) is 3.97. The van der Waals surface area contributed by atoms with Gasteiger partial charge in [0, 0.05) is 5.75 Å². The molecule has 0 saturated carbocycles. The number of nitriles is 1. The highest BCUT2D eigenvalue weighted by atomic mass is 32.2. The zero-order chi connectivity index (χ0) is 13.0. The van der Waals surface area contributed by atoms with Gasteiger partial charge < -0.3 is 9.91 Å². The number of amides is 1. The maximum atomic E-state index is 12.0. The van der Waals surface area contributed by atoms with Crippen LogP contribution in [0.1, 0.15) is 0 Å². The fourth-order valence-electron chi connectivity index (χ4n) is 1.74. The fraction of sp³-hybridized carbons (Fsp3) is 0.333. The summed E-state index contributed by atoms with van der Waals surface area (Å²) in [5, 5.41) is 10.3. The molecule has 18 heavy (non-hydrogen) atoms. The van der Waals surface area contributed by atoms with Gasteiger partial charge in [-0.1, -0.05) is 18.2 Å². The van der Waals surface area contributed by atoms with E-state index in [1.807, 2.05) is 30.3 Å². The van der Waals surface area contributed by atoms with Gasteiger partial charge in [-0.3, -0.25) is 4.79 Å². The van der Waals surface area contributed by atoms with Crippen LogP contribution in [0.25, 0.3) is 0 Å². The highest BCUT2D eigenvalue weighted by molar-refractivity contribution is 7.99. The monoisotopic (exact) mass is 262 g/mol. The predicted molar refractivity (Wildman–Crippen MR) is 71.5 cm³/mol. The number of benzene rings is 1. The van der Waals surface area contributed by atoms with Crippen molar-refractivity contribution in [2.45, 2.75) is 6.04 Å². The van der Waals surface area contributed by atoms with Gasteiger partial charge in [0.25, 0.3) is 0 Å². The highest BCUT2D eigenvalue weighted by Crippen LogP contribution is 2.20. The molecule has 1 atom stereocenters. The summed E-state index contributed by atoms with van der Waals surface area (Å²) in [6.07, 6.45) is 0. The van der Waals surface area contributed by atoms with E-state index < -0.39 is 0 Å². The Morgan fingerprint density at radius 2 is 2.28 bits per heavy atom. The zero-order valence-electron chi connectivity index (χ0n) is 9.82. The van der Waals surface area contributed by atoms with Gasteiger partial charge in [0.2, 0.25) is 5.91 Å². The van der Waals surface area contributed by atoms with Crippen LogP contribution in [-0.4, -0.2) is 35.0 Å². The third-order valence-electron chi connectivity index (χ3n) is 2.75. The van der Waals surface area contributed by atoms with Crippen molar-refractivity contribution in [3.05, 3.63) is 30.3 Å². The Kier molecular flexibility index (Phi) is 4.07. The normalized spacial score (nSPS) is 18.4. The summed E-state index contributed by atoms with van der Waals surface area (Å²) in [6, 6.07) is 11.1. The topological polar surface area (TPSA) is 73.4 Å². The van der Waals surface area contributed by atoms with E-state index in [0.29, 0.717) is 11.6 Å². The molecule has 1 aromatic carbocycles. The molecule has 1 amide bonds. The van der Waals surface area contributed by atoms with Crippen LogP contribution in [0.5, 0.6) is 0 Å². The number of nitrogens with two attached hydrogens (primary N) is 1. The Labute approximate surface area is 110 Å². The first-order chi connectivity index (χ1) is 8.72. The number of anilines is 1.